The molecule has 3 aromatic rings. The van der Waals surface area contributed by atoms with E-state index in [9.17, 15) is 18.0 Å². The number of carbonyl (C=O) groups is 2. The first kappa shape index (κ1) is 21.8. The Hall–Kier alpha value is -3.92. The van der Waals surface area contributed by atoms with Crippen molar-refractivity contribution in [2.75, 3.05) is 23.3 Å². The van der Waals surface area contributed by atoms with Gasteiger partial charge in [-0.1, -0.05) is 0 Å². The number of pyridine rings is 1. The quantitative estimate of drug-likeness (QED) is 0.551. The van der Waals surface area contributed by atoms with Gasteiger partial charge >= 0.3 is 0 Å². The SMILES string of the molecule is COc1ccc(N(CC(=O)Nc2ccc(C(N)=O)cc2)S(=O)(=O)c2cccnc2)cc1. The predicted octanol–water partition coefficient (Wildman–Crippen LogP) is 2.02. The Morgan fingerprint density at radius 3 is 2.29 bits per heavy atom. The zero-order valence-electron chi connectivity index (χ0n) is 16.6. The number of hydrogen-bond acceptors (Lipinski definition) is 6. The van der Waals surface area contributed by atoms with Crippen LogP contribution in [0.15, 0.2) is 78.0 Å². The summed E-state index contributed by atoms with van der Waals surface area (Å²) in [5.41, 5.74) is 6.17. The summed E-state index contributed by atoms with van der Waals surface area (Å²) in [4.78, 5) is 27.7. The van der Waals surface area contributed by atoms with Gasteiger partial charge in [0.25, 0.3) is 10.0 Å². The lowest BCUT2D eigenvalue weighted by molar-refractivity contribution is -0.114. The van der Waals surface area contributed by atoms with E-state index >= 15 is 0 Å². The van der Waals surface area contributed by atoms with E-state index in [2.05, 4.69) is 10.3 Å². The molecule has 160 valence electrons. The molecular weight excluding hydrogens is 420 g/mol. The summed E-state index contributed by atoms with van der Waals surface area (Å²) in [6.07, 6.45) is 2.67. The first-order valence-electron chi connectivity index (χ1n) is 9.08. The molecule has 10 heteroatoms. The van der Waals surface area contributed by atoms with E-state index in [0.29, 0.717) is 11.4 Å². The third-order valence-corrected chi connectivity index (χ3v) is 6.08. The second kappa shape index (κ2) is 9.26. The standard InChI is InChI=1S/C21H20N4O5S/c1-30-18-10-8-17(9-11-18)25(31(28,29)19-3-2-12-23-13-19)14-20(26)24-16-6-4-15(5-7-16)21(22)27/h2-13H,14H2,1H3,(H2,22,27)(H,24,26). The molecule has 3 rings (SSSR count). The summed E-state index contributed by atoms with van der Waals surface area (Å²) in [5.74, 6) is -0.623. The molecule has 1 aromatic heterocycles. The van der Waals surface area contributed by atoms with Gasteiger partial charge in [-0.2, -0.15) is 0 Å². The third-order valence-electron chi connectivity index (χ3n) is 4.32. The Balaban J connectivity index is 1.88. The summed E-state index contributed by atoms with van der Waals surface area (Å²) >= 11 is 0. The minimum atomic E-state index is -4.07. The van der Waals surface area contributed by atoms with Crippen LogP contribution in [0, 0.1) is 0 Å². The van der Waals surface area contributed by atoms with E-state index in [1.165, 1.54) is 55.9 Å². The molecule has 9 nitrogen and oxygen atoms in total. The Labute approximate surface area is 179 Å². The lowest BCUT2D eigenvalue weighted by Crippen LogP contribution is -2.38. The van der Waals surface area contributed by atoms with Crippen molar-refractivity contribution in [2.24, 2.45) is 5.73 Å². The van der Waals surface area contributed by atoms with Gasteiger partial charge in [0, 0.05) is 23.6 Å². The summed E-state index contributed by atoms with van der Waals surface area (Å²) in [6.45, 7) is -0.485. The number of primary amides is 1. The number of hydrogen-bond donors (Lipinski definition) is 2. The lowest BCUT2D eigenvalue weighted by Gasteiger charge is -2.24. The fourth-order valence-corrected chi connectivity index (χ4v) is 4.12. The second-order valence-corrected chi connectivity index (χ2v) is 8.25. The predicted molar refractivity (Wildman–Crippen MR) is 115 cm³/mol. The molecule has 3 N–H and O–H groups in total. The van der Waals surface area contributed by atoms with Gasteiger partial charge in [0.2, 0.25) is 11.8 Å². The van der Waals surface area contributed by atoms with Crippen LogP contribution in [0.3, 0.4) is 0 Å². The number of rotatable bonds is 8. The van der Waals surface area contributed by atoms with Crippen LogP contribution in [0.25, 0.3) is 0 Å². The highest BCUT2D eigenvalue weighted by atomic mass is 32.2. The molecule has 31 heavy (non-hydrogen) atoms. The topological polar surface area (TPSA) is 132 Å². The molecule has 0 aliphatic carbocycles. The van der Waals surface area contributed by atoms with Gasteiger partial charge < -0.3 is 15.8 Å². The zero-order chi connectivity index (χ0) is 22.4. The molecule has 0 aliphatic heterocycles. The molecule has 0 atom stereocenters. The third kappa shape index (κ3) is 5.17. The Morgan fingerprint density at radius 1 is 1.06 bits per heavy atom. The van der Waals surface area contributed by atoms with Crippen molar-refractivity contribution < 1.29 is 22.7 Å². The van der Waals surface area contributed by atoms with E-state index in [1.807, 2.05) is 0 Å². The maximum atomic E-state index is 13.2. The Morgan fingerprint density at radius 2 is 1.74 bits per heavy atom. The molecular formula is C21H20N4O5S. The van der Waals surface area contributed by atoms with Crippen molar-refractivity contribution in [1.82, 2.24) is 4.98 Å². The highest BCUT2D eigenvalue weighted by Crippen LogP contribution is 2.25. The fourth-order valence-electron chi connectivity index (χ4n) is 2.74. The molecule has 0 bridgehead atoms. The van der Waals surface area contributed by atoms with Gasteiger partial charge in [-0.25, -0.2) is 8.42 Å². The number of amides is 2. The smallest absolute Gasteiger partial charge is 0.266 e. The highest BCUT2D eigenvalue weighted by Gasteiger charge is 2.27. The summed E-state index contributed by atoms with van der Waals surface area (Å²) in [7, 11) is -2.57. The summed E-state index contributed by atoms with van der Waals surface area (Å²) in [5, 5.41) is 2.62. The molecule has 2 amide bonds. The summed E-state index contributed by atoms with van der Waals surface area (Å²) in [6, 6.07) is 15.1. The van der Waals surface area contributed by atoms with Gasteiger partial charge in [-0.15, -0.1) is 0 Å². The largest absolute Gasteiger partial charge is 0.497 e. The first-order valence-corrected chi connectivity index (χ1v) is 10.5. The van der Waals surface area contributed by atoms with Crippen molar-refractivity contribution in [3.63, 3.8) is 0 Å². The zero-order valence-corrected chi connectivity index (χ0v) is 17.4. The number of carbonyl (C=O) groups excluding carboxylic acids is 2. The number of nitrogens with two attached hydrogens (primary N) is 1. The van der Waals surface area contributed by atoms with Crippen molar-refractivity contribution in [1.29, 1.82) is 0 Å². The molecule has 0 saturated heterocycles. The molecule has 0 saturated carbocycles. The van der Waals surface area contributed by atoms with E-state index in [4.69, 9.17) is 10.5 Å². The van der Waals surface area contributed by atoms with Crippen LogP contribution in [-0.2, 0) is 14.8 Å². The number of nitrogens with zero attached hydrogens (tertiary/aromatic N) is 2. The fraction of sp³-hybridized carbons (Fsp3) is 0.0952. The number of nitrogens with one attached hydrogen (secondary N) is 1. The number of aromatic nitrogens is 1. The van der Waals surface area contributed by atoms with Crippen LogP contribution in [0.4, 0.5) is 11.4 Å². The van der Waals surface area contributed by atoms with Crippen molar-refractivity contribution in [3.05, 3.63) is 78.6 Å². The van der Waals surface area contributed by atoms with Crippen LogP contribution in [0.2, 0.25) is 0 Å². The number of sulfonamides is 1. The molecule has 1 heterocycles. The van der Waals surface area contributed by atoms with E-state index in [-0.39, 0.29) is 16.1 Å². The average Bonchev–Trinajstić information content (AvgIpc) is 2.78. The monoisotopic (exact) mass is 440 g/mol. The maximum absolute atomic E-state index is 13.2. The van der Waals surface area contributed by atoms with Gasteiger partial charge in [-0.05, 0) is 60.7 Å². The van der Waals surface area contributed by atoms with E-state index in [1.54, 1.807) is 24.3 Å². The van der Waals surface area contributed by atoms with Gasteiger partial charge in [-0.3, -0.25) is 18.9 Å². The minimum absolute atomic E-state index is 0.0515. The molecule has 0 fully saturated rings. The lowest BCUT2D eigenvalue weighted by atomic mass is 10.2. The molecule has 0 unspecified atom stereocenters. The van der Waals surface area contributed by atoms with Crippen molar-refractivity contribution >= 4 is 33.2 Å². The summed E-state index contributed by atoms with van der Waals surface area (Å²) < 4.78 is 32.5. The van der Waals surface area contributed by atoms with Crippen LogP contribution in [0.1, 0.15) is 10.4 Å². The van der Waals surface area contributed by atoms with Gasteiger partial charge in [0.15, 0.2) is 0 Å². The minimum Gasteiger partial charge on any atom is -0.497 e. The highest BCUT2D eigenvalue weighted by molar-refractivity contribution is 7.92. The number of anilines is 2. The average molecular weight is 440 g/mol. The van der Waals surface area contributed by atoms with E-state index in [0.717, 1.165) is 4.31 Å². The first-order chi connectivity index (χ1) is 14.8. The van der Waals surface area contributed by atoms with Crippen LogP contribution < -0.4 is 20.1 Å². The normalized spacial score (nSPS) is 10.9. The van der Waals surface area contributed by atoms with Crippen molar-refractivity contribution in [2.45, 2.75) is 4.90 Å². The Kier molecular flexibility index (Phi) is 6.51. The molecule has 0 spiro atoms. The number of benzene rings is 2. The Bertz CT molecular complexity index is 1160. The van der Waals surface area contributed by atoms with Crippen LogP contribution in [-0.4, -0.2) is 38.9 Å². The van der Waals surface area contributed by atoms with E-state index < -0.39 is 28.4 Å². The molecule has 0 aliphatic rings. The number of ether oxygens (including phenoxy) is 1. The maximum Gasteiger partial charge on any atom is 0.266 e. The molecule has 0 radical (unpaired) electrons. The van der Waals surface area contributed by atoms with Crippen molar-refractivity contribution in [3.8, 4) is 5.75 Å². The van der Waals surface area contributed by atoms with Crippen LogP contribution >= 0.6 is 0 Å². The van der Waals surface area contributed by atoms with Crippen LogP contribution in [0.5, 0.6) is 5.75 Å². The van der Waals surface area contributed by atoms with Gasteiger partial charge in [0.05, 0.1) is 12.8 Å². The van der Waals surface area contributed by atoms with Gasteiger partial charge in [0.1, 0.15) is 17.2 Å². The second-order valence-electron chi connectivity index (χ2n) is 6.39. The molecule has 2 aromatic carbocycles. The number of methoxy groups -OCH3 is 1.